The molecule has 1 aliphatic rings. The van der Waals surface area contributed by atoms with Crippen molar-refractivity contribution in [1.29, 1.82) is 0 Å². The smallest absolute Gasteiger partial charge is 0.231 e. The molecule has 0 saturated heterocycles. The maximum Gasteiger partial charge on any atom is 0.231 e. The number of para-hydroxylation sites is 1. The molecule has 0 atom stereocenters. The predicted molar refractivity (Wildman–Crippen MR) is 77.6 cm³/mol. The van der Waals surface area contributed by atoms with E-state index in [-0.39, 0.29) is 6.79 Å². The van der Waals surface area contributed by atoms with Gasteiger partial charge in [-0.3, -0.25) is 0 Å². The molecule has 0 unspecified atom stereocenters. The topological polar surface area (TPSA) is 43.4 Å². The lowest BCUT2D eigenvalue weighted by molar-refractivity contribution is 0.174. The molecule has 3 aromatic rings. The van der Waals surface area contributed by atoms with E-state index in [0.717, 1.165) is 33.9 Å². The molecule has 0 amide bonds. The molecule has 0 radical (unpaired) electrons. The van der Waals surface area contributed by atoms with E-state index in [9.17, 15) is 0 Å². The fraction of sp³-hybridized carbons (Fsp3) is 0.0625. The predicted octanol–water partition coefficient (Wildman–Crippen LogP) is 3.71. The third kappa shape index (κ3) is 1.91. The van der Waals surface area contributed by atoms with Crippen molar-refractivity contribution in [2.45, 2.75) is 0 Å². The lowest BCUT2D eigenvalue weighted by Crippen LogP contribution is -1.94. The lowest BCUT2D eigenvalue weighted by Gasteiger charge is -2.07. The van der Waals surface area contributed by atoms with Crippen molar-refractivity contribution in [3.63, 3.8) is 0 Å². The van der Waals surface area contributed by atoms with Crippen LogP contribution >= 0.6 is 0 Å². The number of pyridine rings is 1. The maximum atomic E-state index is 5.36. The molecule has 0 aliphatic carbocycles. The molecule has 98 valence electrons. The van der Waals surface area contributed by atoms with Gasteiger partial charge in [-0.1, -0.05) is 18.2 Å². The minimum absolute atomic E-state index is 0.285. The second kappa shape index (κ2) is 4.42. The number of nitrogens with one attached hydrogen (secondary N) is 1. The van der Waals surface area contributed by atoms with Gasteiger partial charge in [0.05, 0.1) is 5.52 Å². The fourth-order valence-electron chi connectivity index (χ4n) is 2.26. The molecule has 4 nitrogen and oxygen atoms in total. The van der Waals surface area contributed by atoms with Crippen molar-refractivity contribution in [2.75, 3.05) is 12.1 Å². The monoisotopic (exact) mass is 264 g/mol. The van der Waals surface area contributed by atoms with Gasteiger partial charge < -0.3 is 14.8 Å². The first-order valence-electron chi connectivity index (χ1n) is 6.41. The van der Waals surface area contributed by atoms with Gasteiger partial charge in [0.15, 0.2) is 11.5 Å². The van der Waals surface area contributed by atoms with E-state index in [0.29, 0.717) is 0 Å². The first-order chi connectivity index (χ1) is 9.88. The van der Waals surface area contributed by atoms with E-state index in [1.54, 1.807) is 0 Å². The Kier molecular flexibility index (Phi) is 2.45. The van der Waals surface area contributed by atoms with Crippen molar-refractivity contribution in [3.8, 4) is 11.5 Å². The summed E-state index contributed by atoms with van der Waals surface area (Å²) in [5.74, 6) is 2.35. The molecule has 2 heterocycles. The average molecular weight is 264 g/mol. The first-order valence-corrected chi connectivity index (χ1v) is 6.41. The second-order valence-electron chi connectivity index (χ2n) is 4.58. The molecule has 0 spiro atoms. The molecule has 20 heavy (non-hydrogen) atoms. The highest BCUT2D eigenvalue weighted by atomic mass is 16.7. The number of anilines is 2. The largest absolute Gasteiger partial charge is 0.454 e. The first kappa shape index (κ1) is 11.1. The normalized spacial score (nSPS) is 12.6. The summed E-state index contributed by atoms with van der Waals surface area (Å²) in [6.07, 6.45) is 0. The summed E-state index contributed by atoms with van der Waals surface area (Å²) in [7, 11) is 0. The van der Waals surface area contributed by atoms with Gasteiger partial charge in [0.1, 0.15) is 5.82 Å². The zero-order valence-electron chi connectivity index (χ0n) is 10.7. The Morgan fingerprint density at radius 2 is 1.80 bits per heavy atom. The average Bonchev–Trinajstić information content (AvgIpc) is 2.95. The van der Waals surface area contributed by atoms with E-state index < -0.39 is 0 Å². The molecule has 1 aliphatic heterocycles. The van der Waals surface area contributed by atoms with Crippen LogP contribution in [-0.4, -0.2) is 11.8 Å². The summed E-state index contributed by atoms with van der Waals surface area (Å²) in [6, 6.07) is 17.8. The highest BCUT2D eigenvalue weighted by Gasteiger charge is 2.13. The van der Waals surface area contributed by atoms with E-state index in [1.807, 2.05) is 48.5 Å². The van der Waals surface area contributed by atoms with Crippen LogP contribution in [0.2, 0.25) is 0 Å². The molecule has 4 heteroatoms. The van der Waals surface area contributed by atoms with Gasteiger partial charge in [-0.15, -0.1) is 0 Å². The third-order valence-electron chi connectivity index (χ3n) is 3.24. The molecule has 1 aromatic heterocycles. The van der Waals surface area contributed by atoms with Crippen LogP contribution in [0.4, 0.5) is 11.5 Å². The van der Waals surface area contributed by atoms with Gasteiger partial charge in [0.25, 0.3) is 0 Å². The number of aromatic nitrogens is 1. The van der Waals surface area contributed by atoms with Crippen LogP contribution in [-0.2, 0) is 0 Å². The summed E-state index contributed by atoms with van der Waals surface area (Å²) in [5.41, 5.74) is 1.90. The number of fused-ring (bicyclic) bond motifs is 2. The van der Waals surface area contributed by atoms with Crippen LogP contribution in [0.3, 0.4) is 0 Å². The summed E-state index contributed by atoms with van der Waals surface area (Å²) in [4.78, 5) is 4.58. The van der Waals surface area contributed by atoms with Crippen LogP contribution in [0.25, 0.3) is 10.9 Å². The van der Waals surface area contributed by atoms with Gasteiger partial charge in [-0.25, -0.2) is 4.98 Å². The van der Waals surface area contributed by atoms with Crippen molar-refractivity contribution in [1.82, 2.24) is 4.98 Å². The molecule has 1 N–H and O–H groups in total. The van der Waals surface area contributed by atoms with Gasteiger partial charge >= 0.3 is 0 Å². The van der Waals surface area contributed by atoms with Crippen LogP contribution in [0.5, 0.6) is 11.5 Å². The third-order valence-corrected chi connectivity index (χ3v) is 3.24. The van der Waals surface area contributed by atoms with Crippen LogP contribution in [0.15, 0.2) is 54.6 Å². The van der Waals surface area contributed by atoms with Crippen molar-refractivity contribution in [3.05, 3.63) is 54.6 Å². The number of hydrogen-bond donors (Lipinski definition) is 1. The molecule has 0 fully saturated rings. The molecule has 0 bridgehead atoms. The highest BCUT2D eigenvalue weighted by molar-refractivity contribution is 5.80. The van der Waals surface area contributed by atoms with Crippen molar-refractivity contribution in [2.24, 2.45) is 0 Å². The Labute approximate surface area is 116 Å². The Morgan fingerprint density at radius 1 is 0.900 bits per heavy atom. The number of hydrogen-bond acceptors (Lipinski definition) is 4. The molecule has 2 aromatic carbocycles. The Morgan fingerprint density at radius 3 is 2.80 bits per heavy atom. The fourth-order valence-corrected chi connectivity index (χ4v) is 2.26. The van der Waals surface area contributed by atoms with Gasteiger partial charge in [0.2, 0.25) is 6.79 Å². The molecular formula is C16H12N2O2. The summed E-state index contributed by atoms with van der Waals surface area (Å²) >= 11 is 0. The SMILES string of the molecule is c1ccc2nc(Nc3ccc4c(c3)OCO4)ccc2c1. The lowest BCUT2D eigenvalue weighted by atomic mass is 10.2. The quantitative estimate of drug-likeness (QED) is 0.766. The molecule has 0 saturated carbocycles. The van der Waals surface area contributed by atoms with Gasteiger partial charge in [-0.05, 0) is 30.3 Å². The van der Waals surface area contributed by atoms with Crippen LogP contribution < -0.4 is 14.8 Å². The summed E-state index contributed by atoms with van der Waals surface area (Å²) in [5, 5.41) is 4.41. The van der Waals surface area contributed by atoms with Crippen molar-refractivity contribution >= 4 is 22.4 Å². The highest BCUT2D eigenvalue weighted by Crippen LogP contribution is 2.35. The standard InChI is InChI=1S/C16H12N2O2/c1-2-4-13-11(3-1)5-8-16(18-13)17-12-6-7-14-15(9-12)20-10-19-14/h1-9H,10H2,(H,17,18). The minimum Gasteiger partial charge on any atom is -0.454 e. The van der Waals surface area contributed by atoms with Gasteiger partial charge in [-0.2, -0.15) is 0 Å². The number of rotatable bonds is 2. The van der Waals surface area contributed by atoms with Crippen LogP contribution in [0.1, 0.15) is 0 Å². The zero-order chi connectivity index (χ0) is 13.4. The van der Waals surface area contributed by atoms with Crippen molar-refractivity contribution < 1.29 is 9.47 Å². The van der Waals surface area contributed by atoms with E-state index in [1.165, 1.54) is 0 Å². The van der Waals surface area contributed by atoms with E-state index >= 15 is 0 Å². The van der Waals surface area contributed by atoms with Crippen LogP contribution in [0, 0.1) is 0 Å². The number of nitrogens with zero attached hydrogens (tertiary/aromatic N) is 1. The van der Waals surface area contributed by atoms with E-state index in [2.05, 4.69) is 16.4 Å². The number of ether oxygens (including phenoxy) is 2. The molecular weight excluding hydrogens is 252 g/mol. The molecule has 4 rings (SSSR count). The Hall–Kier alpha value is -2.75. The maximum absolute atomic E-state index is 5.36. The Bertz CT molecular complexity index is 786. The summed E-state index contributed by atoms with van der Waals surface area (Å²) < 4.78 is 10.7. The Balaban J connectivity index is 1.67. The van der Waals surface area contributed by atoms with Gasteiger partial charge in [0, 0.05) is 17.1 Å². The summed E-state index contributed by atoms with van der Waals surface area (Å²) in [6.45, 7) is 0.285. The second-order valence-corrected chi connectivity index (χ2v) is 4.58. The van der Waals surface area contributed by atoms with E-state index in [4.69, 9.17) is 9.47 Å². The minimum atomic E-state index is 0.285. The zero-order valence-corrected chi connectivity index (χ0v) is 10.7. The number of benzene rings is 2.